The van der Waals surface area contributed by atoms with E-state index in [1.54, 1.807) is 13.0 Å². The summed E-state index contributed by atoms with van der Waals surface area (Å²) in [6.07, 6.45) is 1.09. The Kier molecular flexibility index (Phi) is 2.81. The molecule has 90 valence electrons. The maximum absolute atomic E-state index is 13.4. The molecule has 0 amide bonds. The molecule has 1 aromatic heterocycles. The van der Waals surface area contributed by atoms with Gasteiger partial charge < -0.3 is 0 Å². The first-order valence-corrected chi connectivity index (χ1v) is 5.05. The molecule has 2 rings (SSSR count). The van der Waals surface area contributed by atoms with Crippen LogP contribution in [0.15, 0.2) is 34.0 Å². The quantitative estimate of drug-likeness (QED) is 0.808. The van der Waals surface area contributed by atoms with Crippen LogP contribution in [0.1, 0.15) is 11.1 Å². The van der Waals surface area contributed by atoms with E-state index in [4.69, 9.17) is 5.26 Å². The van der Waals surface area contributed by atoms with E-state index in [9.17, 15) is 14.0 Å². The van der Waals surface area contributed by atoms with Crippen LogP contribution in [0.25, 0.3) is 5.69 Å². The number of aromatic amines is 1. The number of nitrogens with zero attached hydrogens (tertiary/aromatic N) is 2. The Morgan fingerprint density at radius 2 is 2.11 bits per heavy atom. The first-order valence-electron chi connectivity index (χ1n) is 5.05. The van der Waals surface area contributed by atoms with E-state index in [2.05, 4.69) is 0 Å². The van der Waals surface area contributed by atoms with Crippen molar-refractivity contribution in [1.29, 1.82) is 5.26 Å². The smallest absolute Gasteiger partial charge is 0.273 e. The number of hydrogen-bond acceptors (Lipinski definition) is 3. The van der Waals surface area contributed by atoms with E-state index < -0.39 is 17.1 Å². The Balaban J connectivity index is 2.72. The predicted octanol–water partition coefficient (Wildman–Crippen LogP) is 0.845. The van der Waals surface area contributed by atoms with Gasteiger partial charge in [-0.25, -0.2) is 9.18 Å². The topological polar surface area (TPSA) is 78.7 Å². The summed E-state index contributed by atoms with van der Waals surface area (Å²) in [4.78, 5) is 24.8. The van der Waals surface area contributed by atoms with Gasteiger partial charge in [0.15, 0.2) is 0 Å². The lowest BCUT2D eigenvalue weighted by atomic mass is 10.2. The standard InChI is InChI=1S/C12H8FN3O2/c1-7-2-3-9(4-10(7)13)16-6-8(5-14)11(17)15-12(16)18/h2-4,6H,1H3,(H,15,17,18). The summed E-state index contributed by atoms with van der Waals surface area (Å²) in [5.74, 6) is -0.468. The zero-order valence-electron chi connectivity index (χ0n) is 9.40. The lowest BCUT2D eigenvalue weighted by molar-refractivity contribution is 0.616. The number of nitriles is 1. The maximum atomic E-state index is 13.4. The lowest BCUT2D eigenvalue weighted by Gasteiger charge is -2.06. The molecule has 0 saturated carbocycles. The van der Waals surface area contributed by atoms with Crippen LogP contribution in [0.4, 0.5) is 4.39 Å². The Morgan fingerprint density at radius 1 is 1.39 bits per heavy atom. The predicted molar refractivity (Wildman–Crippen MR) is 62.1 cm³/mol. The Morgan fingerprint density at radius 3 is 2.72 bits per heavy atom. The minimum absolute atomic E-state index is 0.212. The molecule has 0 unspecified atom stereocenters. The average molecular weight is 245 g/mol. The number of nitrogens with one attached hydrogen (secondary N) is 1. The zero-order chi connectivity index (χ0) is 13.3. The summed E-state index contributed by atoms with van der Waals surface area (Å²) < 4.78 is 14.4. The normalized spacial score (nSPS) is 10.1. The van der Waals surface area contributed by atoms with Gasteiger partial charge in [-0.15, -0.1) is 0 Å². The van der Waals surface area contributed by atoms with Crippen molar-refractivity contribution in [2.75, 3.05) is 0 Å². The van der Waals surface area contributed by atoms with E-state index in [0.717, 1.165) is 16.8 Å². The molecule has 0 fully saturated rings. The summed E-state index contributed by atoms with van der Waals surface area (Å²) in [7, 11) is 0. The van der Waals surface area contributed by atoms with E-state index >= 15 is 0 Å². The first kappa shape index (κ1) is 11.8. The molecule has 0 aliphatic carbocycles. The molecule has 18 heavy (non-hydrogen) atoms. The molecule has 0 radical (unpaired) electrons. The van der Waals surface area contributed by atoms with Crippen molar-refractivity contribution in [2.24, 2.45) is 0 Å². The Bertz CT molecular complexity index is 768. The van der Waals surface area contributed by atoms with E-state index in [0.29, 0.717) is 5.56 Å². The summed E-state index contributed by atoms with van der Waals surface area (Å²) >= 11 is 0. The van der Waals surface area contributed by atoms with Crippen molar-refractivity contribution in [2.45, 2.75) is 6.92 Å². The minimum atomic E-state index is -0.758. The van der Waals surface area contributed by atoms with Gasteiger partial charge in [-0.05, 0) is 24.6 Å². The van der Waals surface area contributed by atoms with Crippen LogP contribution >= 0.6 is 0 Å². The van der Waals surface area contributed by atoms with E-state index in [1.165, 1.54) is 12.1 Å². The molecule has 1 heterocycles. The molecule has 1 aromatic carbocycles. The van der Waals surface area contributed by atoms with Gasteiger partial charge in [0, 0.05) is 6.20 Å². The molecular weight excluding hydrogens is 237 g/mol. The first-order chi connectivity index (χ1) is 8.52. The van der Waals surface area contributed by atoms with Gasteiger partial charge in [-0.1, -0.05) is 6.07 Å². The third-order valence-corrected chi connectivity index (χ3v) is 2.50. The molecule has 2 aromatic rings. The fourth-order valence-corrected chi connectivity index (χ4v) is 1.47. The van der Waals surface area contributed by atoms with Crippen molar-refractivity contribution < 1.29 is 4.39 Å². The number of H-pyrrole nitrogens is 1. The van der Waals surface area contributed by atoms with Crippen molar-refractivity contribution in [1.82, 2.24) is 9.55 Å². The van der Waals surface area contributed by atoms with Crippen molar-refractivity contribution >= 4 is 0 Å². The molecule has 0 aliphatic heterocycles. The molecule has 6 heteroatoms. The molecule has 0 aliphatic rings. The van der Waals surface area contributed by atoms with Crippen molar-refractivity contribution in [3.8, 4) is 11.8 Å². The number of benzene rings is 1. The van der Waals surface area contributed by atoms with Crippen LogP contribution in [0.3, 0.4) is 0 Å². The number of halogens is 1. The van der Waals surface area contributed by atoms with Gasteiger partial charge in [0.2, 0.25) is 0 Å². The highest BCUT2D eigenvalue weighted by Gasteiger charge is 2.07. The van der Waals surface area contributed by atoms with Gasteiger partial charge in [0.25, 0.3) is 5.56 Å². The Labute approximate surface area is 101 Å². The van der Waals surface area contributed by atoms with Gasteiger partial charge >= 0.3 is 5.69 Å². The molecule has 0 spiro atoms. The fraction of sp³-hybridized carbons (Fsp3) is 0.0833. The molecular formula is C12H8FN3O2. The maximum Gasteiger partial charge on any atom is 0.332 e. The van der Waals surface area contributed by atoms with Gasteiger partial charge in [0.1, 0.15) is 17.4 Å². The largest absolute Gasteiger partial charge is 0.332 e. The number of rotatable bonds is 1. The van der Waals surface area contributed by atoms with E-state index in [-0.39, 0.29) is 11.3 Å². The van der Waals surface area contributed by atoms with Crippen molar-refractivity contribution in [3.05, 3.63) is 62.2 Å². The molecule has 5 nitrogen and oxygen atoms in total. The van der Waals surface area contributed by atoms with Gasteiger partial charge in [-0.3, -0.25) is 14.3 Å². The highest BCUT2D eigenvalue weighted by molar-refractivity contribution is 5.37. The number of aromatic nitrogens is 2. The zero-order valence-corrected chi connectivity index (χ0v) is 9.40. The molecule has 0 atom stereocenters. The van der Waals surface area contributed by atoms with Crippen LogP contribution < -0.4 is 11.2 Å². The third-order valence-electron chi connectivity index (χ3n) is 2.50. The number of aryl methyl sites for hydroxylation is 1. The van der Waals surface area contributed by atoms with Crippen LogP contribution in [0.2, 0.25) is 0 Å². The lowest BCUT2D eigenvalue weighted by Crippen LogP contribution is -2.30. The van der Waals surface area contributed by atoms with Crippen LogP contribution in [0, 0.1) is 24.1 Å². The highest BCUT2D eigenvalue weighted by Crippen LogP contribution is 2.11. The van der Waals surface area contributed by atoms with Crippen LogP contribution in [0.5, 0.6) is 0 Å². The van der Waals surface area contributed by atoms with Crippen LogP contribution in [-0.4, -0.2) is 9.55 Å². The van der Waals surface area contributed by atoms with Gasteiger partial charge in [-0.2, -0.15) is 5.26 Å². The molecule has 0 saturated heterocycles. The average Bonchev–Trinajstić information content (AvgIpc) is 2.33. The fourth-order valence-electron chi connectivity index (χ4n) is 1.47. The second kappa shape index (κ2) is 4.30. The third kappa shape index (κ3) is 1.94. The molecule has 1 N–H and O–H groups in total. The molecule has 0 bridgehead atoms. The monoisotopic (exact) mass is 245 g/mol. The van der Waals surface area contributed by atoms with Crippen LogP contribution in [-0.2, 0) is 0 Å². The summed E-state index contributed by atoms with van der Waals surface area (Å²) in [6.45, 7) is 1.59. The Hall–Kier alpha value is -2.68. The summed E-state index contributed by atoms with van der Waals surface area (Å²) in [5.41, 5.74) is -1.00. The summed E-state index contributed by atoms with van der Waals surface area (Å²) in [5, 5.41) is 8.72. The summed E-state index contributed by atoms with van der Waals surface area (Å²) in [6, 6.07) is 5.86. The second-order valence-electron chi connectivity index (χ2n) is 3.72. The second-order valence-corrected chi connectivity index (χ2v) is 3.72. The number of hydrogen-bond donors (Lipinski definition) is 1. The minimum Gasteiger partial charge on any atom is -0.273 e. The van der Waals surface area contributed by atoms with Crippen molar-refractivity contribution in [3.63, 3.8) is 0 Å². The highest BCUT2D eigenvalue weighted by atomic mass is 19.1. The SMILES string of the molecule is Cc1ccc(-n2cc(C#N)c(=O)[nH]c2=O)cc1F. The van der Waals surface area contributed by atoms with E-state index in [1.807, 2.05) is 4.98 Å². The van der Waals surface area contributed by atoms with Gasteiger partial charge in [0.05, 0.1) is 5.69 Å².